The Balaban J connectivity index is 1.63. The number of nitrogens with zero attached hydrogens (tertiary/aromatic N) is 5. The van der Waals surface area contributed by atoms with Crippen LogP contribution < -0.4 is 4.90 Å². The number of anilines is 1. The summed E-state index contributed by atoms with van der Waals surface area (Å²) < 4.78 is 13.2. The molecule has 0 spiro atoms. The molecule has 0 saturated carbocycles. The molecular weight excluding hydrogens is 409 g/mol. The maximum atomic E-state index is 13.2. The van der Waals surface area contributed by atoms with Gasteiger partial charge in [-0.25, -0.2) is 14.4 Å². The number of likely N-dealkylation sites (tertiary alicyclic amines) is 1. The number of carbonyl (C=O) groups is 2. The normalized spacial score (nSPS) is 18.3. The maximum Gasteiger partial charge on any atom is 0.227 e. The van der Waals surface area contributed by atoms with Crippen molar-refractivity contribution in [1.29, 1.82) is 0 Å². The third-order valence-electron chi connectivity index (χ3n) is 6.31. The van der Waals surface area contributed by atoms with Crippen molar-refractivity contribution >= 4 is 17.6 Å². The first kappa shape index (κ1) is 22.2. The molecule has 0 unspecified atom stereocenters. The fourth-order valence-electron chi connectivity index (χ4n) is 4.58. The molecule has 0 aliphatic carbocycles. The van der Waals surface area contributed by atoms with Gasteiger partial charge in [-0.3, -0.25) is 9.59 Å². The molecule has 2 aliphatic heterocycles. The summed E-state index contributed by atoms with van der Waals surface area (Å²) in [7, 11) is 3.88. The van der Waals surface area contributed by atoms with Crippen LogP contribution in [0.25, 0.3) is 0 Å². The molecule has 2 aromatic rings. The molecule has 4 rings (SSSR count). The zero-order valence-electron chi connectivity index (χ0n) is 19.0. The smallest absolute Gasteiger partial charge is 0.227 e. The molecule has 8 heteroatoms. The van der Waals surface area contributed by atoms with Gasteiger partial charge in [-0.05, 0) is 37.0 Å². The van der Waals surface area contributed by atoms with Crippen LogP contribution in [0.2, 0.25) is 0 Å². The second kappa shape index (κ2) is 9.22. The van der Waals surface area contributed by atoms with Gasteiger partial charge in [0.2, 0.25) is 11.8 Å². The van der Waals surface area contributed by atoms with Gasteiger partial charge in [0.15, 0.2) is 5.82 Å². The van der Waals surface area contributed by atoms with Gasteiger partial charge >= 0.3 is 0 Å². The number of halogens is 1. The summed E-state index contributed by atoms with van der Waals surface area (Å²) in [6, 6.07) is 5.91. The van der Waals surface area contributed by atoms with E-state index in [1.807, 2.05) is 28.8 Å². The fraction of sp³-hybridized carbons (Fsp3) is 0.500. The van der Waals surface area contributed by atoms with Crippen molar-refractivity contribution in [2.24, 2.45) is 0 Å². The lowest BCUT2D eigenvalue weighted by Gasteiger charge is -2.36. The zero-order valence-corrected chi connectivity index (χ0v) is 19.0. The molecule has 0 radical (unpaired) electrons. The summed E-state index contributed by atoms with van der Waals surface area (Å²) in [5, 5.41) is 0. The van der Waals surface area contributed by atoms with Crippen molar-refractivity contribution < 1.29 is 14.0 Å². The largest absolute Gasteiger partial charge is 0.362 e. The van der Waals surface area contributed by atoms with E-state index in [9.17, 15) is 14.0 Å². The van der Waals surface area contributed by atoms with Crippen LogP contribution in [-0.2, 0) is 29.0 Å². The molecule has 3 heterocycles. The van der Waals surface area contributed by atoms with Crippen LogP contribution in [-0.4, -0.2) is 58.8 Å². The van der Waals surface area contributed by atoms with Gasteiger partial charge in [0.1, 0.15) is 11.6 Å². The average Bonchev–Trinajstić information content (AvgIpc) is 2.79. The molecule has 1 saturated heterocycles. The summed E-state index contributed by atoms with van der Waals surface area (Å²) in [4.78, 5) is 40.5. The lowest BCUT2D eigenvalue weighted by atomic mass is 9.98. The van der Waals surface area contributed by atoms with E-state index in [1.165, 1.54) is 12.1 Å². The molecule has 1 atom stereocenters. The van der Waals surface area contributed by atoms with Gasteiger partial charge in [-0.15, -0.1) is 0 Å². The zero-order chi connectivity index (χ0) is 22.8. The molecule has 0 N–H and O–H groups in total. The predicted molar refractivity (Wildman–Crippen MR) is 120 cm³/mol. The standard InChI is InChI=1S/C24H30FN5O2/c1-16(31)29-13-11-20-19(15-29)24(28(2)3)27-23(26-20)21-6-4-5-12-30(21)22(32)14-17-7-9-18(25)10-8-17/h7-10,21H,4-6,11-15H2,1-3H3/t21-/m0/s1. The van der Waals surface area contributed by atoms with Crippen molar-refractivity contribution in [2.45, 2.75) is 51.6 Å². The second-order valence-corrected chi connectivity index (χ2v) is 8.82. The Hall–Kier alpha value is -3.03. The van der Waals surface area contributed by atoms with Gasteiger partial charge < -0.3 is 14.7 Å². The van der Waals surface area contributed by atoms with Gasteiger partial charge in [0.25, 0.3) is 0 Å². The number of fused-ring (bicyclic) bond motifs is 1. The maximum absolute atomic E-state index is 13.2. The van der Waals surface area contributed by atoms with Crippen molar-refractivity contribution in [2.75, 3.05) is 32.1 Å². The average molecular weight is 440 g/mol. The van der Waals surface area contributed by atoms with Crippen LogP contribution in [0, 0.1) is 5.82 Å². The molecular formula is C24H30FN5O2. The van der Waals surface area contributed by atoms with Crippen LogP contribution in [0.4, 0.5) is 10.2 Å². The van der Waals surface area contributed by atoms with Crippen molar-refractivity contribution in [1.82, 2.24) is 19.8 Å². The lowest BCUT2D eigenvalue weighted by Crippen LogP contribution is -2.41. The van der Waals surface area contributed by atoms with Crippen molar-refractivity contribution in [3.05, 3.63) is 52.7 Å². The molecule has 2 amide bonds. The number of hydrogen-bond acceptors (Lipinski definition) is 5. The van der Waals surface area contributed by atoms with Crippen LogP contribution >= 0.6 is 0 Å². The number of aromatic nitrogens is 2. The molecule has 1 aromatic carbocycles. The Morgan fingerprint density at radius 1 is 1.12 bits per heavy atom. The number of benzene rings is 1. The van der Waals surface area contributed by atoms with Crippen LogP contribution in [0.1, 0.15) is 54.9 Å². The molecule has 1 fully saturated rings. The first-order chi connectivity index (χ1) is 15.3. The Morgan fingerprint density at radius 2 is 1.88 bits per heavy atom. The number of rotatable bonds is 4. The summed E-state index contributed by atoms with van der Waals surface area (Å²) in [5.74, 6) is 1.24. The highest BCUT2D eigenvalue weighted by molar-refractivity contribution is 5.79. The van der Waals surface area contributed by atoms with E-state index < -0.39 is 0 Å². The Kier molecular flexibility index (Phi) is 6.39. The monoisotopic (exact) mass is 439 g/mol. The van der Waals surface area contributed by atoms with E-state index >= 15 is 0 Å². The number of hydrogen-bond donors (Lipinski definition) is 0. The van der Waals surface area contributed by atoms with Gasteiger partial charge in [-0.1, -0.05) is 12.1 Å². The SMILES string of the molecule is CC(=O)N1CCc2nc([C@@H]3CCCCN3C(=O)Cc3ccc(F)cc3)nc(N(C)C)c2C1. The summed E-state index contributed by atoms with van der Waals surface area (Å²) >= 11 is 0. The van der Waals surface area contributed by atoms with Crippen LogP contribution in [0.15, 0.2) is 24.3 Å². The van der Waals surface area contributed by atoms with Crippen LogP contribution in [0.5, 0.6) is 0 Å². The third kappa shape index (κ3) is 4.59. The minimum absolute atomic E-state index is 0.0109. The van der Waals surface area contributed by atoms with E-state index in [1.54, 1.807) is 19.1 Å². The minimum Gasteiger partial charge on any atom is -0.362 e. The first-order valence-corrected chi connectivity index (χ1v) is 11.2. The number of amides is 2. The summed E-state index contributed by atoms with van der Waals surface area (Å²) in [5.41, 5.74) is 2.75. The molecule has 0 bridgehead atoms. The van der Waals surface area contributed by atoms with E-state index in [4.69, 9.17) is 9.97 Å². The predicted octanol–water partition coefficient (Wildman–Crippen LogP) is 2.88. The minimum atomic E-state index is -0.306. The van der Waals surface area contributed by atoms with Gasteiger partial charge in [-0.2, -0.15) is 0 Å². The quantitative estimate of drug-likeness (QED) is 0.733. The summed E-state index contributed by atoms with van der Waals surface area (Å²) in [6.07, 6.45) is 3.70. The molecule has 32 heavy (non-hydrogen) atoms. The Bertz CT molecular complexity index is 1010. The first-order valence-electron chi connectivity index (χ1n) is 11.2. The second-order valence-electron chi connectivity index (χ2n) is 8.82. The molecule has 7 nitrogen and oxygen atoms in total. The van der Waals surface area contributed by atoms with Crippen molar-refractivity contribution in [3.8, 4) is 0 Å². The third-order valence-corrected chi connectivity index (χ3v) is 6.31. The number of piperidine rings is 1. The fourth-order valence-corrected chi connectivity index (χ4v) is 4.58. The highest BCUT2D eigenvalue weighted by Crippen LogP contribution is 2.33. The highest BCUT2D eigenvalue weighted by Gasteiger charge is 2.32. The Morgan fingerprint density at radius 3 is 2.56 bits per heavy atom. The molecule has 1 aromatic heterocycles. The lowest BCUT2D eigenvalue weighted by molar-refractivity contribution is -0.134. The number of carbonyl (C=O) groups excluding carboxylic acids is 2. The van der Waals surface area contributed by atoms with E-state index in [0.29, 0.717) is 31.9 Å². The Labute approximate surface area is 188 Å². The van der Waals surface area contributed by atoms with Crippen LogP contribution in [0.3, 0.4) is 0 Å². The molecule has 170 valence electrons. The van der Waals surface area contributed by atoms with E-state index in [2.05, 4.69) is 0 Å². The topological polar surface area (TPSA) is 69.6 Å². The summed E-state index contributed by atoms with van der Waals surface area (Å²) in [6.45, 7) is 3.41. The molecule has 2 aliphatic rings. The highest BCUT2D eigenvalue weighted by atomic mass is 19.1. The van der Waals surface area contributed by atoms with Crippen molar-refractivity contribution in [3.63, 3.8) is 0 Å². The van der Waals surface area contributed by atoms with Gasteiger partial charge in [0, 0.05) is 46.1 Å². The van der Waals surface area contributed by atoms with Gasteiger partial charge in [0.05, 0.1) is 24.7 Å². The van der Waals surface area contributed by atoms with E-state index in [-0.39, 0.29) is 30.1 Å². The van der Waals surface area contributed by atoms with E-state index in [0.717, 1.165) is 41.9 Å².